The molecule has 0 radical (unpaired) electrons. The van der Waals surface area contributed by atoms with Crippen LogP contribution in [0.4, 0.5) is 17.1 Å². The maximum absolute atomic E-state index is 2.43. The monoisotopic (exact) mass is 744 g/mol. The van der Waals surface area contributed by atoms with Gasteiger partial charge in [-0.25, -0.2) is 0 Å². The Morgan fingerprint density at radius 3 is 1.66 bits per heavy atom. The van der Waals surface area contributed by atoms with Gasteiger partial charge in [-0.2, -0.15) is 0 Å². The molecule has 0 bridgehead atoms. The van der Waals surface area contributed by atoms with Crippen molar-refractivity contribution in [1.29, 1.82) is 0 Å². The number of fused-ring (bicyclic) bond motifs is 4. The molecule has 0 atom stereocenters. The van der Waals surface area contributed by atoms with Crippen LogP contribution in [0, 0.1) is 0 Å². The van der Waals surface area contributed by atoms with Crippen LogP contribution in [0.1, 0.15) is 26.3 Å². The lowest BCUT2D eigenvalue weighted by atomic mass is 9.87. The van der Waals surface area contributed by atoms with Crippen LogP contribution in [0.3, 0.4) is 0 Å². The Kier molecular flexibility index (Phi) is 8.76. The molecule has 278 valence electrons. The van der Waals surface area contributed by atoms with Gasteiger partial charge in [0.25, 0.3) is 0 Å². The predicted octanol–water partition coefficient (Wildman–Crippen LogP) is 15.7. The molecule has 0 aliphatic carbocycles. The summed E-state index contributed by atoms with van der Waals surface area (Å²) in [4.78, 5) is 2.43. The number of hydrogen-bond donors (Lipinski definition) is 0. The van der Waals surface area contributed by atoms with Crippen LogP contribution < -0.4 is 4.90 Å². The SMILES string of the molecule is CC(C)(C)c1ccc(N(c2ccc(-c3cccc4c5ccccc5n(-c5ccccc5)c34)cc2)c2ccccc2-c2cccc3cccc(-c4ccccc4)c23)cc1. The zero-order valence-electron chi connectivity index (χ0n) is 33.1. The number of aromatic nitrogens is 1. The first-order valence-corrected chi connectivity index (χ1v) is 20.2. The molecule has 2 nitrogen and oxygen atoms in total. The Balaban J connectivity index is 1.16. The van der Waals surface area contributed by atoms with Gasteiger partial charge < -0.3 is 9.47 Å². The average molecular weight is 745 g/mol. The van der Waals surface area contributed by atoms with Gasteiger partial charge in [0.2, 0.25) is 0 Å². The molecule has 0 saturated heterocycles. The second kappa shape index (κ2) is 14.4. The molecule has 10 rings (SSSR count). The lowest BCUT2D eigenvalue weighted by molar-refractivity contribution is 0.590. The lowest BCUT2D eigenvalue weighted by Gasteiger charge is -2.29. The van der Waals surface area contributed by atoms with Crippen LogP contribution in [-0.4, -0.2) is 4.57 Å². The highest BCUT2D eigenvalue weighted by atomic mass is 15.1. The van der Waals surface area contributed by atoms with Crippen LogP contribution in [0.2, 0.25) is 0 Å². The Morgan fingerprint density at radius 2 is 0.931 bits per heavy atom. The zero-order valence-corrected chi connectivity index (χ0v) is 33.1. The second-order valence-corrected chi connectivity index (χ2v) is 16.2. The molecule has 9 aromatic carbocycles. The first-order valence-electron chi connectivity index (χ1n) is 20.2. The molecule has 2 heteroatoms. The molecule has 0 spiro atoms. The third-order valence-electron chi connectivity index (χ3n) is 11.6. The van der Waals surface area contributed by atoms with Crippen molar-refractivity contribution in [2.75, 3.05) is 4.90 Å². The van der Waals surface area contributed by atoms with E-state index in [1.807, 2.05) is 0 Å². The van der Waals surface area contributed by atoms with Crippen molar-refractivity contribution in [3.05, 3.63) is 218 Å². The molecule has 0 saturated carbocycles. The van der Waals surface area contributed by atoms with E-state index in [1.165, 1.54) is 71.5 Å². The standard InChI is InChI=1S/C56H44N2/c1-56(2,3)42-33-37-45(38-34-42)57(52-29-12-10-23-48(52)50-27-15-20-41-19-14-25-46(54(41)50)39-17-6-4-7-18-39)44-35-31-40(32-36-44)47-26-16-28-51-49-24-11-13-30-53(49)58(55(47)51)43-21-8-5-9-22-43/h4-38H,1-3H3. The first-order chi connectivity index (χ1) is 28.4. The fourth-order valence-electron chi connectivity index (χ4n) is 8.74. The zero-order chi connectivity index (χ0) is 39.2. The minimum absolute atomic E-state index is 0.0446. The van der Waals surface area contributed by atoms with Crippen molar-refractivity contribution in [3.8, 4) is 39.1 Å². The Labute approximate surface area is 340 Å². The minimum Gasteiger partial charge on any atom is -0.310 e. The number of hydrogen-bond acceptors (Lipinski definition) is 1. The van der Waals surface area contributed by atoms with Gasteiger partial charge >= 0.3 is 0 Å². The quantitative estimate of drug-likeness (QED) is 0.158. The molecule has 0 amide bonds. The van der Waals surface area contributed by atoms with E-state index in [0.717, 1.165) is 22.7 Å². The largest absolute Gasteiger partial charge is 0.310 e. The summed E-state index contributed by atoms with van der Waals surface area (Å²) in [5.74, 6) is 0. The molecular formula is C56H44N2. The maximum atomic E-state index is 2.43. The van der Waals surface area contributed by atoms with Crippen molar-refractivity contribution in [3.63, 3.8) is 0 Å². The highest BCUT2D eigenvalue weighted by Crippen LogP contribution is 2.46. The molecule has 0 N–H and O–H groups in total. The van der Waals surface area contributed by atoms with Crippen molar-refractivity contribution in [1.82, 2.24) is 4.57 Å². The fraction of sp³-hybridized carbons (Fsp3) is 0.0714. The fourth-order valence-corrected chi connectivity index (χ4v) is 8.74. The van der Waals surface area contributed by atoms with Gasteiger partial charge in [0, 0.05) is 39.0 Å². The number of nitrogens with zero attached hydrogens (tertiary/aromatic N) is 2. The molecule has 10 aromatic rings. The van der Waals surface area contributed by atoms with Crippen molar-refractivity contribution in [2.24, 2.45) is 0 Å². The molecule has 58 heavy (non-hydrogen) atoms. The van der Waals surface area contributed by atoms with Crippen molar-refractivity contribution >= 4 is 49.6 Å². The van der Waals surface area contributed by atoms with Crippen LogP contribution in [0.5, 0.6) is 0 Å². The summed E-state index contributed by atoms with van der Waals surface area (Å²) < 4.78 is 2.42. The molecule has 0 unspecified atom stereocenters. The van der Waals surface area contributed by atoms with E-state index in [-0.39, 0.29) is 5.41 Å². The number of anilines is 3. The highest BCUT2D eigenvalue weighted by Gasteiger charge is 2.22. The molecular weight excluding hydrogens is 701 g/mol. The highest BCUT2D eigenvalue weighted by molar-refractivity contribution is 6.14. The third kappa shape index (κ3) is 6.15. The predicted molar refractivity (Wildman–Crippen MR) is 248 cm³/mol. The van der Waals surface area contributed by atoms with Gasteiger partial charge in [-0.1, -0.05) is 185 Å². The summed E-state index contributed by atoms with van der Waals surface area (Å²) in [6.07, 6.45) is 0. The molecule has 0 aliphatic heterocycles. The second-order valence-electron chi connectivity index (χ2n) is 16.2. The van der Waals surface area contributed by atoms with Crippen LogP contribution in [0.25, 0.3) is 71.6 Å². The van der Waals surface area contributed by atoms with Gasteiger partial charge in [0.15, 0.2) is 0 Å². The summed E-state index contributed by atoms with van der Waals surface area (Å²) in [5.41, 5.74) is 15.5. The van der Waals surface area contributed by atoms with Crippen molar-refractivity contribution in [2.45, 2.75) is 26.2 Å². The van der Waals surface area contributed by atoms with Gasteiger partial charge in [-0.05, 0) is 92.5 Å². The van der Waals surface area contributed by atoms with Crippen molar-refractivity contribution < 1.29 is 0 Å². The summed E-state index contributed by atoms with van der Waals surface area (Å²) >= 11 is 0. The lowest BCUT2D eigenvalue weighted by Crippen LogP contribution is -2.13. The normalized spacial score (nSPS) is 11.7. The Bertz CT molecular complexity index is 3050. The van der Waals surface area contributed by atoms with Gasteiger partial charge in [-0.15, -0.1) is 0 Å². The topological polar surface area (TPSA) is 8.17 Å². The maximum Gasteiger partial charge on any atom is 0.0619 e. The summed E-state index contributed by atoms with van der Waals surface area (Å²) in [5, 5.41) is 4.98. The number of benzene rings is 9. The van der Waals surface area contributed by atoms with E-state index >= 15 is 0 Å². The van der Waals surface area contributed by atoms with Gasteiger partial charge in [0.1, 0.15) is 0 Å². The third-order valence-corrected chi connectivity index (χ3v) is 11.6. The molecule has 0 fully saturated rings. The molecule has 0 aliphatic rings. The summed E-state index contributed by atoms with van der Waals surface area (Å²) in [6, 6.07) is 77.5. The van der Waals surface area contributed by atoms with E-state index < -0.39 is 0 Å². The van der Waals surface area contributed by atoms with Crippen LogP contribution >= 0.6 is 0 Å². The van der Waals surface area contributed by atoms with E-state index in [0.29, 0.717) is 0 Å². The van der Waals surface area contributed by atoms with E-state index in [1.54, 1.807) is 0 Å². The average Bonchev–Trinajstić information content (AvgIpc) is 3.62. The number of rotatable bonds is 7. The number of para-hydroxylation sites is 4. The van der Waals surface area contributed by atoms with Gasteiger partial charge in [-0.3, -0.25) is 0 Å². The summed E-state index contributed by atoms with van der Waals surface area (Å²) in [6.45, 7) is 6.82. The smallest absolute Gasteiger partial charge is 0.0619 e. The van der Waals surface area contributed by atoms with E-state index in [9.17, 15) is 0 Å². The minimum atomic E-state index is 0.0446. The van der Waals surface area contributed by atoms with Crippen LogP contribution in [0.15, 0.2) is 212 Å². The Hall–Kier alpha value is -7.16. The molecule has 1 aromatic heterocycles. The van der Waals surface area contributed by atoms with E-state index in [4.69, 9.17) is 0 Å². The Morgan fingerprint density at radius 1 is 0.397 bits per heavy atom. The first kappa shape index (κ1) is 35.3. The van der Waals surface area contributed by atoms with Crippen LogP contribution in [-0.2, 0) is 5.41 Å². The molecule has 1 heterocycles. The van der Waals surface area contributed by atoms with Gasteiger partial charge in [0.05, 0.1) is 16.7 Å². The summed E-state index contributed by atoms with van der Waals surface area (Å²) in [7, 11) is 0. The van der Waals surface area contributed by atoms with E-state index in [2.05, 4.69) is 243 Å².